The standard InChI is InChI=1S/C19H13ClN4O3/c20-15-5-3-14(4-6-15)19(26)27-16-7-1-13(2-8-16)11-23-24-18(25)17-12-21-9-10-22-17/h1-12H,(H,24,25). The number of halogens is 1. The Hall–Kier alpha value is -3.58. The summed E-state index contributed by atoms with van der Waals surface area (Å²) in [6.45, 7) is 0. The molecule has 27 heavy (non-hydrogen) atoms. The number of nitrogens with one attached hydrogen (secondary N) is 1. The third-order valence-electron chi connectivity index (χ3n) is 3.35. The summed E-state index contributed by atoms with van der Waals surface area (Å²) in [4.78, 5) is 31.5. The predicted octanol–water partition coefficient (Wildman–Crippen LogP) is 3.11. The Kier molecular flexibility index (Phi) is 5.86. The number of esters is 1. The first-order chi connectivity index (χ1) is 13.1. The largest absolute Gasteiger partial charge is 0.423 e. The van der Waals surface area contributed by atoms with E-state index in [9.17, 15) is 9.59 Å². The zero-order valence-corrected chi connectivity index (χ0v) is 14.6. The summed E-state index contributed by atoms with van der Waals surface area (Å²) in [5, 5.41) is 4.39. The molecule has 2 aromatic carbocycles. The Morgan fingerprint density at radius 1 is 1.04 bits per heavy atom. The number of aromatic nitrogens is 2. The Bertz CT molecular complexity index is 959. The van der Waals surface area contributed by atoms with Crippen molar-refractivity contribution in [1.29, 1.82) is 0 Å². The van der Waals surface area contributed by atoms with Crippen molar-refractivity contribution in [1.82, 2.24) is 15.4 Å². The zero-order valence-electron chi connectivity index (χ0n) is 13.9. The highest BCUT2D eigenvalue weighted by molar-refractivity contribution is 6.30. The SMILES string of the molecule is O=C(Oc1ccc(C=NNC(=O)c2cnccn2)cc1)c1ccc(Cl)cc1. The van der Waals surface area contributed by atoms with Gasteiger partial charge in [0.1, 0.15) is 11.4 Å². The van der Waals surface area contributed by atoms with Crippen LogP contribution in [0.3, 0.4) is 0 Å². The predicted molar refractivity (Wildman–Crippen MR) is 99.9 cm³/mol. The molecule has 0 saturated heterocycles. The summed E-state index contributed by atoms with van der Waals surface area (Å²) >= 11 is 5.79. The Balaban J connectivity index is 1.56. The lowest BCUT2D eigenvalue weighted by molar-refractivity contribution is 0.0734. The van der Waals surface area contributed by atoms with Gasteiger partial charge in [0.15, 0.2) is 0 Å². The van der Waals surface area contributed by atoms with Crippen LogP contribution in [-0.4, -0.2) is 28.1 Å². The summed E-state index contributed by atoms with van der Waals surface area (Å²) in [7, 11) is 0. The topological polar surface area (TPSA) is 93.5 Å². The molecule has 8 heteroatoms. The van der Waals surface area contributed by atoms with E-state index in [4.69, 9.17) is 16.3 Å². The van der Waals surface area contributed by atoms with E-state index in [0.29, 0.717) is 21.9 Å². The van der Waals surface area contributed by atoms with Crippen LogP contribution in [0, 0.1) is 0 Å². The first-order valence-electron chi connectivity index (χ1n) is 7.79. The van der Waals surface area contributed by atoms with Gasteiger partial charge in [0.25, 0.3) is 5.91 Å². The van der Waals surface area contributed by atoms with Crippen molar-refractivity contribution in [3.63, 3.8) is 0 Å². The molecule has 134 valence electrons. The van der Waals surface area contributed by atoms with E-state index in [-0.39, 0.29) is 5.69 Å². The van der Waals surface area contributed by atoms with E-state index < -0.39 is 11.9 Å². The minimum Gasteiger partial charge on any atom is -0.423 e. The molecule has 0 radical (unpaired) electrons. The van der Waals surface area contributed by atoms with E-state index in [1.54, 1.807) is 48.5 Å². The molecule has 1 N–H and O–H groups in total. The molecule has 0 aliphatic heterocycles. The van der Waals surface area contributed by atoms with Gasteiger partial charge >= 0.3 is 5.97 Å². The van der Waals surface area contributed by atoms with Crippen LogP contribution in [-0.2, 0) is 0 Å². The molecule has 0 fully saturated rings. The summed E-state index contributed by atoms with van der Waals surface area (Å²) in [5.74, 6) is -0.562. The number of hydrogen-bond donors (Lipinski definition) is 1. The van der Waals surface area contributed by atoms with Crippen molar-refractivity contribution in [3.8, 4) is 5.75 Å². The van der Waals surface area contributed by atoms with Crippen molar-refractivity contribution in [2.75, 3.05) is 0 Å². The molecule has 0 unspecified atom stereocenters. The maximum Gasteiger partial charge on any atom is 0.343 e. The van der Waals surface area contributed by atoms with Crippen molar-refractivity contribution in [3.05, 3.63) is 89.0 Å². The Morgan fingerprint density at radius 2 is 1.78 bits per heavy atom. The third kappa shape index (κ3) is 5.20. The molecule has 0 aliphatic carbocycles. The molecule has 0 aliphatic rings. The first-order valence-corrected chi connectivity index (χ1v) is 8.17. The maximum atomic E-state index is 12.0. The monoisotopic (exact) mass is 380 g/mol. The van der Waals surface area contributed by atoms with Crippen molar-refractivity contribution >= 4 is 29.7 Å². The van der Waals surface area contributed by atoms with Gasteiger partial charge in [-0.05, 0) is 54.1 Å². The van der Waals surface area contributed by atoms with Gasteiger partial charge in [0, 0.05) is 17.4 Å². The lowest BCUT2D eigenvalue weighted by atomic mass is 10.2. The van der Waals surface area contributed by atoms with Crippen LogP contribution in [0.15, 0.2) is 72.2 Å². The number of amides is 1. The number of ether oxygens (including phenoxy) is 1. The molecule has 0 spiro atoms. The van der Waals surface area contributed by atoms with E-state index >= 15 is 0 Å². The third-order valence-corrected chi connectivity index (χ3v) is 3.60. The minimum atomic E-state index is -0.482. The second-order valence-electron chi connectivity index (χ2n) is 5.26. The van der Waals surface area contributed by atoms with Crippen LogP contribution in [0.5, 0.6) is 5.75 Å². The molecule has 3 aromatic rings. The molecule has 3 rings (SSSR count). The normalized spacial score (nSPS) is 10.6. The highest BCUT2D eigenvalue weighted by Crippen LogP contribution is 2.15. The molecule has 7 nitrogen and oxygen atoms in total. The first kappa shape index (κ1) is 18.2. The molecular weight excluding hydrogens is 368 g/mol. The van der Waals surface area contributed by atoms with Gasteiger partial charge in [-0.2, -0.15) is 5.10 Å². The highest BCUT2D eigenvalue weighted by atomic mass is 35.5. The van der Waals surface area contributed by atoms with Gasteiger partial charge in [-0.1, -0.05) is 11.6 Å². The number of carbonyl (C=O) groups excluding carboxylic acids is 2. The fraction of sp³-hybridized carbons (Fsp3) is 0. The smallest absolute Gasteiger partial charge is 0.343 e. The van der Waals surface area contributed by atoms with Crippen LogP contribution in [0.25, 0.3) is 0 Å². The number of rotatable bonds is 5. The molecule has 1 heterocycles. The van der Waals surface area contributed by atoms with Gasteiger partial charge in [-0.15, -0.1) is 0 Å². The van der Waals surface area contributed by atoms with E-state index in [1.807, 2.05) is 0 Å². The number of hydrazone groups is 1. The van der Waals surface area contributed by atoms with Crippen LogP contribution >= 0.6 is 11.6 Å². The fourth-order valence-corrected chi connectivity index (χ4v) is 2.14. The number of hydrogen-bond acceptors (Lipinski definition) is 6. The quantitative estimate of drug-likeness (QED) is 0.317. The second-order valence-corrected chi connectivity index (χ2v) is 5.69. The summed E-state index contributed by atoms with van der Waals surface area (Å²) in [5.41, 5.74) is 3.63. The van der Waals surface area contributed by atoms with E-state index in [0.717, 1.165) is 0 Å². The van der Waals surface area contributed by atoms with Crippen molar-refractivity contribution in [2.24, 2.45) is 5.10 Å². The van der Waals surface area contributed by atoms with Gasteiger partial charge in [-0.25, -0.2) is 15.2 Å². The van der Waals surface area contributed by atoms with Crippen LogP contribution in [0.1, 0.15) is 26.4 Å². The van der Waals surface area contributed by atoms with Gasteiger partial charge in [0.2, 0.25) is 0 Å². The molecule has 1 aromatic heterocycles. The van der Waals surface area contributed by atoms with Crippen molar-refractivity contribution < 1.29 is 14.3 Å². The minimum absolute atomic E-state index is 0.166. The van der Waals surface area contributed by atoms with Crippen molar-refractivity contribution in [2.45, 2.75) is 0 Å². The molecule has 1 amide bonds. The van der Waals surface area contributed by atoms with E-state index in [2.05, 4.69) is 20.5 Å². The van der Waals surface area contributed by atoms with Gasteiger partial charge in [0.05, 0.1) is 18.0 Å². The molecular formula is C19H13ClN4O3. The van der Waals surface area contributed by atoms with Crippen LogP contribution in [0.4, 0.5) is 0 Å². The number of benzene rings is 2. The highest BCUT2D eigenvalue weighted by Gasteiger charge is 2.08. The maximum absolute atomic E-state index is 12.0. The number of carbonyl (C=O) groups is 2. The fourth-order valence-electron chi connectivity index (χ4n) is 2.01. The lowest BCUT2D eigenvalue weighted by Crippen LogP contribution is -2.19. The molecule has 0 bridgehead atoms. The zero-order chi connectivity index (χ0) is 19.1. The lowest BCUT2D eigenvalue weighted by Gasteiger charge is -2.04. The molecule has 0 saturated carbocycles. The molecule has 0 atom stereocenters. The Morgan fingerprint density at radius 3 is 2.44 bits per heavy atom. The second kappa shape index (κ2) is 8.68. The number of nitrogens with zero attached hydrogens (tertiary/aromatic N) is 3. The van der Waals surface area contributed by atoms with Gasteiger partial charge < -0.3 is 4.74 Å². The van der Waals surface area contributed by atoms with E-state index in [1.165, 1.54) is 24.8 Å². The summed E-state index contributed by atoms with van der Waals surface area (Å²) in [6, 6.07) is 13.1. The Labute approximate surface area is 159 Å². The summed E-state index contributed by atoms with van der Waals surface area (Å²) < 4.78 is 5.28. The van der Waals surface area contributed by atoms with Crippen LogP contribution < -0.4 is 10.2 Å². The average Bonchev–Trinajstić information content (AvgIpc) is 2.70. The average molecular weight is 381 g/mol. The van der Waals surface area contributed by atoms with Gasteiger partial charge in [-0.3, -0.25) is 9.78 Å². The summed E-state index contributed by atoms with van der Waals surface area (Å²) in [6.07, 6.45) is 5.69. The van der Waals surface area contributed by atoms with Crippen LogP contribution in [0.2, 0.25) is 5.02 Å².